The molecule has 0 saturated carbocycles. The van der Waals surface area contributed by atoms with Crippen molar-refractivity contribution >= 4 is 15.6 Å². The van der Waals surface area contributed by atoms with Gasteiger partial charge in [0.05, 0.1) is 4.90 Å². The SMILES string of the molecule is O=C(CS(=O)(=O)c1ccc(F)cc1)c1ccccc1. The van der Waals surface area contributed by atoms with E-state index in [9.17, 15) is 17.6 Å². The van der Waals surface area contributed by atoms with Gasteiger partial charge in [-0.3, -0.25) is 4.79 Å². The van der Waals surface area contributed by atoms with Gasteiger partial charge in [0.2, 0.25) is 0 Å². The summed E-state index contributed by atoms with van der Waals surface area (Å²) in [7, 11) is -3.74. The molecule has 0 aliphatic rings. The van der Waals surface area contributed by atoms with E-state index in [-0.39, 0.29) is 4.90 Å². The van der Waals surface area contributed by atoms with Crippen LogP contribution in [0.1, 0.15) is 10.4 Å². The lowest BCUT2D eigenvalue weighted by Gasteiger charge is -2.04. The van der Waals surface area contributed by atoms with Crippen molar-refractivity contribution in [2.75, 3.05) is 5.75 Å². The number of rotatable bonds is 4. The van der Waals surface area contributed by atoms with Gasteiger partial charge in [-0.15, -0.1) is 0 Å². The fraction of sp³-hybridized carbons (Fsp3) is 0.0714. The molecule has 0 atom stereocenters. The van der Waals surface area contributed by atoms with Crippen molar-refractivity contribution < 1.29 is 17.6 Å². The largest absolute Gasteiger partial charge is 0.293 e. The molecule has 19 heavy (non-hydrogen) atoms. The highest BCUT2D eigenvalue weighted by Gasteiger charge is 2.20. The van der Waals surface area contributed by atoms with E-state index < -0.39 is 27.2 Å². The van der Waals surface area contributed by atoms with Crippen LogP contribution < -0.4 is 0 Å². The van der Waals surface area contributed by atoms with E-state index in [2.05, 4.69) is 0 Å². The highest BCUT2D eigenvalue weighted by Crippen LogP contribution is 2.13. The summed E-state index contributed by atoms with van der Waals surface area (Å²) < 4.78 is 36.7. The lowest BCUT2D eigenvalue weighted by atomic mass is 10.2. The molecule has 0 amide bonds. The minimum atomic E-state index is -3.74. The summed E-state index contributed by atoms with van der Waals surface area (Å²) in [6.45, 7) is 0. The Balaban J connectivity index is 2.23. The third-order valence-electron chi connectivity index (χ3n) is 2.59. The molecule has 0 fully saturated rings. The second-order valence-electron chi connectivity index (χ2n) is 4.00. The molecule has 98 valence electrons. The van der Waals surface area contributed by atoms with Crippen molar-refractivity contribution in [1.82, 2.24) is 0 Å². The number of carbonyl (C=O) groups is 1. The number of hydrogen-bond acceptors (Lipinski definition) is 3. The number of benzene rings is 2. The van der Waals surface area contributed by atoms with Crippen molar-refractivity contribution in [2.45, 2.75) is 4.90 Å². The molecule has 0 heterocycles. The van der Waals surface area contributed by atoms with Crippen molar-refractivity contribution in [1.29, 1.82) is 0 Å². The summed E-state index contributed by atoms with van der Waals surface area (Å²) in [5.74, 6) is -1.62. The molecule has 0 aromatic heterocycles. The second kappa shape index (κ2) is 5.32. The molecule has 0 radical (unpaired) electrons. The monoisotopic (exact) mass is 278 g/mol. The summed E-state index contributed by atoms with van der Waals surface area (Å²) in [4.78, 5) is 11.8. The van der Waals surface area contributed by atoms with Gasteiger partial charge in [0.15, 0.2) is 15.6 Å². The Bertz CT molecular complexity index is 676. The molecular formula is C14H11FO3S. The van der Waals surface area contributed by atoms with E-state index >= 15 is 0 Å². The predicted molar refractivity (Wildman–Crippen MR) is 69.2 cm³/mol. The van der Waals surface area contributed by atoms with Crippen LogP contribution in [0.2, 0.25) is 0 Å². The number of Topliss-reactive ketones (excluding diaryl/α,β-unsaturated/α-hetero) is 1. The Morgan fingerprint density at radius 1 is 0.947 bits per heavy atom. The van der Waals surface area contributed by atoms with Gasteiger partial charge < -0.3 is 0 Å². The van der Waals surface area contributed by atoms with Crippen molar-refractivity contribution in [3.63, 3.8) is 0 Å². The van der Waals surface area contributed by atoms with Crippen molar-refractivity contribution in [3.8, 4) is 0 Å². The first-order chi connectivity index (χ1) is 8.99. The lowest BCUT2D eigenvalue weighted by Crippen LogP contribution is -2.16. The van der Waals surface area contributed by atoms with Crippen LogP contribution in [0.4, 0.5) is 4.39 Å². The fourth-order valence-electron chi connectivity index (χ4n) is 1.61. The van der Waals surface area contributed by atoms with Crippen LogP contribution in [-0.4, -0.2) is 20.0 Å². The van der Waals surface area contributed by atoms with E-state index in [0.29, 0.717) is 5.56 Å². The smallest absolute Gasteiger partial charge is 0.185 e. The minimum Gasteiger partial charge on any atom is -0.293 e. The van der Waals surface area contributed by atoms with E-state index in [0.717, 1.165) is 24.3 Å². The quantitative estimate of drug-likeness (QED) is 0.637. The number of sulfone groups is 1. The maximum atomic E-state index is 12.7. The number of halogens is 1. The molecule has 2 aromatic carbocycles. The van der Waals surface area contributed by atoms with Gasteiger partial charge in [-0.2, -0.15) is 0 Å². The molecule has 2 aromatic rings. The van der Waals surface area contributed by atoms with E-state index in [4.69, 9.17) is 0 Å². The summed E-state index contributed by atoms with van der Waals surface area (Å²) in [5.41, 5.74) is 0.341. The van der Waals surface area contributed by atoms with Gasteiger partial charge >= 0.3 is 0 Å². The summed E-state index contributed by atoms with van der Waals surface area (Å²) in [5, 5.41) is 0. The normalized spacial score (nSPS) is 11.2. The molecule has 0 N–H and O–H groups in total. The Hall–Kier alpha value is -2.01. The highest BCUT2D eigenvalue weighted by atomic mass is 32.2. The molecule has 0 saturated heterocycles. The van der Waals surface area contributed by atoms with Crippen molar-refractivity contribution in [2.24, 2.45) is 0 Å². The van der Waals surface area contributed by atoms with E-state index in [1.54, 1.807) is 30.3 Å². The van der Waals surface area contributed by atoms with Gasteiger partial charge in [0.25, 0.3) is 0 Å². The average molecular weight is 278 g/mol. The molecule has 0 spiro atoms. The number of hydrogen-bond donors (Lipinski definition) is 0. The van der Waals surface area contributed by atoms with E-state index in [1.165, 1.54) is 0 Å². The summed E-state index contributed by atoms with van der Waals surface area (Å²) in [6.07, 6.45) is 0. The predicted octanol–water partition coefficient (Wildman–Crippen LogP) is 2.48. The molecule has 3 nitrogen and oxygen atoms in total. The summed E-state index contributed by atoms with van der Waals surface area (Å²) in [6, 6.07) is 12.6. The van der Waals surface area contributed by atoms with Crippen LogP contribution >= 0.6 is 0 Å². The zero-order chi connectivity index (χ0) is 13.9. The van der Waals surface area contributed by atoms with E-state index in [1.807, 2.05) is 0 Å². The first-order valence-corrected chi connectivity index (χ1v) is 7.21. The number of carbonyl (C=O) groups excluding carboxylic acids is 1. The van der Waals surface area contributed by atoms with Gasteiger partial charge in [-0.1, -0.05) is 30.3 Å². The Morgan fingerprint density at radius 3 is 2.11 bits per heavy atom. The van der Waals surface area contributed by atoms with Crippen LogP contribution in [-0.2, 0) is 9.84 Å². The molecular weight excluding hydrogens is 267 g/mol. The Morgan fingerprint density at radius 2 is 1.53 bits per heavy atom. The minimum absolute atomic E-state index is 0.0572. The standard InChI is InChI=1S/C14H11FO3S/c15-12-6-8-13(9-7-12)19(17,18)10-14(16)11-4-2-1-3-5-11/h1-9H,10H2. The average Bonchev–Trinajstić information content (AvgIpc) is 2.40. The number of ketones is 1. The van der Waals surface area contributed by atoms with Gasteiger partial charge in [-0.05, 0) is 24.3 Å². The maximum Gasteiger partial charge on any atom is 0.185 e. The van der Waals surface area contributed by atoms with Gasteiger partial charge in [0.1, 0.15) is 11.6 Å². The highest BCUT2D eigenvalue weighted by molar-refractivity contribution is 7.92. The van der Waals surface area contributed by atoms with Crippen molar-refractivity contribution in [3.05, 3.63) is 66.0 Å². The fourth-order valence-corrected chi connectivity index (χ4v) is 2.83. The van der Waals surface area contributed by atoms with Crippen LogP contribution in [0.3, 0.4) is 0 Å². The molecule has 0 bridgehead atoms. The molecule has 0 aliphatic heterocycles. The first kappa shape index (κ1) is 13.4. The zero-order valence-electron chi connectivity index (χ0n) is 9.91. The topological polar surface area (TPSA) is 51.2 Å². The molecule has 0 aliphatic carbocycles. The first-order valence-electron chi connectivity index (χ1n) is 5.55. The molecule has 0 unspecified atom stereocenters. The second-order valence-corrected chi connectivity index (χ2v) is 5.99. The summed E-state index contributed by atoms with van der Waals surface area (Å²) >= 11 is 0. The van der Waals surface area contributed by atoms with Crippen LogP contribution in [0.5, 0.6) is 0 Å². The molecule has 5 heteroatoms. The Labute approximate surface area is 110 Å². The third-order valence-corrected chi connectivity index (χ3v) is 4.22. The third kappa shape index (κ3) is 3.26. The Kier molecular flexibility index (Phi) is 3.76. The van der Waals surface area contributed by atoms with Crippen LogP contribution in [0.15, 0.2) is 59.5 Å². The van der Waals surface area contributed by atoms with Gasteiger partial charge in [-0.25, -0.2) is 12.8 Å². The lowest BCUT2D eigenvalue weighted by molar-refractivity contribution is 0.102. The van der Waals surface area contributed by atoms with Crippen LogP contribution in [0, 0.1) is 5.82 Å². The molecule has 2 rings (SSSR count). The van der Waals surface area contributed by atoms with Crippen LogP contribution in [0.25, 0.3) is 0 Å². The maximum absolute atomic E-state index is 12.7. The zero-order valence-corrected chi connectivity index (χ0v) is 10.7. The van der Waals surface area contributed by atoms with Gasteiger partial charge in [0, 0.05) is 5.56 Å².